The summed E-state index contributed by atoms with van der Waals surface area (Å²) in [4.78, 5) is 0. The zero-order chi connectivity index (χ0) is 12.3. The fraction of sp³-hybridized carbons (Fsp3) is 0.250. The van der Waals surface area contributed by atoms with Crippen molar-refractivity contribution in [3.8, 4) is 11.1 Å². The summed E-state index contributed by atoms with van der Waals surface area (Å²) in [6.07, 6.45) is 0. The van der Waals surface area contributed by atoms with Crippen LogP contribution in [0.1, 0.15) is 30.9 Å². The zero-order valence-electron chi connectivity index (χ0n) is 10.4. The highest BCUT2D eigenvalue weighted by Gasteiger charge is 2.02. The Kier molecular flexibility index (Phi) is 3.60. The Morgan fingerprint density at radius 1 is 0.941 bits per heavy atom. The largest absolute Gasteiger partial charge is 0.392 e. The first-order chi connectivity index (χ1) is 8.20. The maximum atomic E-state index is 9.02. The molecule has 0 heterocycles. The average Bonchev–Trinajstić information content (AvgIpc) is 2.39. The highest BCUT2D eigenvalue weighted by Crippen LogP contribution is 2.24. The van der Waals surface area contributed by atoms with Gasteiger partial charge in [0.1, 0.15) is 0 Å². The van der Waals surface area contributed by atoms with Crippen LogP contribution in [0.25, 0.3) is 11.1 Å². The molecule has 0 aliphatic carbocycles. The van der Waals surface area contributed by atoms with E-state index in [-0.39, 0.29) is 6.61 Å². The summed E-state index contributed by atoms with van der Waals surface area (Å²) in [5.74, 6) is 0.548. The van der Waals surface area contributed by atoms with Crippen molar-refractivity contribution in [3.63, 3.8) is 0 Å². The second-order valence-corrected chi connectivity index (χ2v) is 4.64. The van der Waals surface area contributed by atoms with E-state index in [0.29, 0.717) is 5.92 Å². The first kappa shape index (κ1) is 11.9. The minimum Gasteiger partial charge on any atom is -0.392 e. The quantitative estimate of drug-likeness (QED) is 0.839. The molecule has 0 aliphatic heterocycles. The van der Waals surface area contributed by atoms with Gasteiger partial charge in [-0.3, -0.25) is 0 Å². The van der Waals surface area contributed by atoms with Crippen molar-refractivity contribution >= 4 is 0 Å². The molecule has 0 spiro atoms. The number of benzene rings is 2. The monoisotopic (exact) mass is 226 g/mol. The molecule has 0 bridgehead atoms. The average molecular weight is 226 g/mol. The third-order valence-corrected chi connectivity index (χ3v) is 3.02. The molecule has 2 aromatic rings. The molecule has 0 radical (unpaired) electrons. The molecule has 88 valence electrons. The molecule has 0 saturated heterocycles. The van der Waals surface area contributed by atoms with E-state index in [0.717, 1.165) is 5.56 Å². The van der Waals surface area contributed by atoms with Gasteiger partial charge in [0.2, 0.25) is 0 Å². The summed E-state index contributed by atoms with van der Waals surface area (Å²) in [6, 6.07) is 16.7. The van der Waals surface area contributed by atoms with Crippen molar-refractivity contribution in [1.29, 1.82) is 0 Å². The number of aliphatic hydroxyl groups excluding tert-OH is 1. The normalized spacial score (nSPS) is 10.8. The Morgan fingerprint density at radius 2 is 1.65 bits per heavy atom. The van der Waals surface area contributed by atoms with Crippen LogP contribution in [0.15, 0.2) is 48.5 Å². The van der Waals surface area contributed by atoms with Gasteiger partial charge in [0.15, 0.2) is 0 Å². The Labute approximate surface area is 103 Å². The smallest absolute Gasteiger partial charge is 0.0681 e. The Morgan fingerprint density at radius 3 is 2.24 bits per heavy atom. The van der Waals surface area contributed by atoms with E-state index in [1.54, 1.807) is 0 Å². The van der Waals surface area contributed by atoms with Crippen LogP contribution in [0.5, 0.6) is 0 Å². The highest BCUT2D eigenvalue weighted by atomic mass is 16.3. The molecule has 0 aliphatic rings. The SMILES string of the molecule is CC(C)c1cccc(-c2ccc(CO)cc2)c1. The third-order valence-electron chi connectivity index (χ3n) is 3.02. The molecule has 2 rings (SSSR count). The standard InChI is InChI=1S/C16H18O/c1-12(2)15-4-3-5-16(10-15)14-8-6-13(11-17)7-9-14/h3-10,12,17H,11H2,1-2H3. The molecule has 1 heteroatoms. The molecule has 0 amide bonds. The number of rotatable bonds is 3. The van der Waals surface area contributed by atoms with Crippen LogP contribution in [0, 0.1) is 0 Å². The van der Waals surface area contributed by atoms with Crippen LogP contribution < -0.4 is 0 Å². The van der Waals surface area contributed by atoms with Crippen LogP contribution in [0.4, 0.5) is 0 Å². The minimum absolute atomic E-state index is 0.103. The molecule has 2 aromatic carbocycles. The first-order valence-corrected chi connectivity index (χ1v) is 6.01. The van der Waals surface area contributed by atoms with Crippen molar-refractivity contribution in [2.75, 3.05) is 0 Å². The van der Waals surface area contributed by atoms with Crippen LogP contribution in [0.2, 0.25) is 0 Å². The van der Waals surface area contributed by atoms with Crippen molar-refractivity contribution in [2.45, 2.75) is 26.4 Å². The van der Waals surface area contributed by atoms with Gasteiger partial charge in [-0.15, -0.1) is 0 Å². The van der Waals surface area contributed by atoms with Gasteiger partial charge in [-0.25, -0.2) is 0 Å². The van der Waals surface area contributed by atoms with Gasteiger partial charge >= 0.3 is 0 Å². The van der Waals surface area contributed by atoms with E-state index < -0.39 is 0 Å². The van der Waals surface area contributed by atoms with Crippen molar-refractivity contribution in [1.82, 2.24) is 0 Å². The van der Waals surface area contributed by atoms with E-state index in [1.165, 1.54) is 16.7 Å². The van der Waals surface area contributed by atoms with E-state index in [9.17, 15) is 0 Å². The van der Waals surface area contributed by atoms with Crippen LogP contribution in [-0.2, 0) is 6.61 Å². The Bertz CT molecular complexity index is 483. The lowest BCUT2D eigenvalue weighted by molar-refractivity contribution is 0.282. The van der Waals surface area contributed by atoms with Gasteiger partial charge in [0.05, 0.1) is 6.61 Å². The van der Waals surface area contributed by atoms with Crippen molar-refractivity contribution in [2.24, 2.45) is 0 Å². The maximum Gasteiger partial charge on any atom is 0.0681 e. The summed E-state index contributed by atoms with van der Waals surface area (Å²) in [7, 11) is 0. The highest BCUT2D eigenvalue weighted by molar-refractivity contribution is 5.64. The van der Waals surface area contributed by atoms with E-state index >= 15 is 0 Å². The molecule has 1 N–H and O–H groups in total. The molecular weight excluding hydrogens is 208 g/mol. The lowest BCUT2D eigenvalue weighted by Crippen LogP contribution is -1.88. The lowest BCUT2D eigenvalue weighted by atomic mass is 9.97. The minimum atomic E-state index is 0.103. The van der Waals surface area contributed by atoms with Gasteiger partial charge in [-0.05, 0) is 28.2 Å². The van der Waals surface area contributed by atoms with E-state index in [1.807, 2.05) is 12.1 Å². The van der Waals surface area contributed by atoms with Crippen LogP contribution in [0.3, 0.4) is 0 Å². The van der Waals surface area contributed by atoms with Gasteiger partial charge in [0, 0.05) is 0 Å². The molecule has 1 nitrogen and oxygen atoms in total. The summed E-state index contributed by atoms with van der Waals surface area (Å²) >= 11 is 0. The van der Waals surface area contributed by atoms with Gasteiger partial charge in [-0.2, -0.15) is 0 Å². The topological polar surface area (TPSA) is 20.2 Å². The van der Waals surface area contributed by atoms with Crippen molar-refractivity contribution < 1.29 is 5.11 Å². The fourth-order valence-electron chi connectivity index (χ4n) is 1.88. The molecule has 0 fully saturated rings. The molecule has 0 aromatic heterocycles. The Balaban J connectivity index is 2.35. The molecular formula is C16H18O. The number of hydrogen-bond acceptors (Lipinski definition) is 1. The third kappa shape index (κ3) is 2.75. The summed E-state index contributed by atoms with van der Waals surface area (Å²) < 4.78 is 0. The van der Waals surface area contributed by atoms with Gasteiger partial charge in [0.25, 0.3) is 0 Å². The fourth-order valence-corrected chi connectivity index (χ4v) is 1.88. The molecule has 17 heavy (non-hydrogen) atoms. The summed E-state index contributed by atoms with van der Waals surface area (Å²) in [5.41, 5.74) is 4.74. The second kappa shape index (κ2) is 5.15. The maximum absolute atomic E-state index is 9.02. The second-order valence-electron chi connectivity index (χ2n) is 4.64. The predicted molar refractivity (Wildman–Crippen MR) is 71.9 cm³/mol. The Hall–Kier alpha value is -1.60. The van der Waals surface area contributed by atoms with Crippen LogP contribution >= 0.6 is 0 Å². The molecule has 0 unspecified atom stereocenters. The molecule has 0 atom stereocenters. The van der Waals surface area contributed by atoms with E-state index in [4.69, 9.17) is 5.11 Å². The predicted octanol–water partition coefficient (Wildman–Crippen LogP) is 3.97. The number of aliphatic hydroxyl groups is 1. The van der Waals surface area contributed by atoms with Gasteiger partial charge < -0.3 is 5.11 Å². The summed E-state index contributed by atoms with van der Waals surface area (Å²) in [5, 5.41) is 9.02. The first-order valence-electron chi connectivity index (χ1n) is 6.01. The lowest BCUT2D eigenvalue weighted by Gasteiger charge is -2.08. The summed E-state index contributed by atoms with van der Waals surface area (Å²) in [6.45, 7) is 4.51. The zero-order valence-corrected chi connectivity index (χ0v) is 10.4. The van der Waals surface area contributed by atoms with Crippen LogP contribution in [-0.4, -0.2) is 5.11 Å². The van der Waals surface area contributed by atoms with Gasteiger partial charge in [-0.1, -0.05) is 62.4 Å². The van der Waals surface area contributed by atoms with E-state index in [2.05, 4.69) is 50.2 Å². The number of hydrogen-bond donors (Lipinski definition) is 1. The van der Waals surface area contributed by atoms with Crippen molar-refractivity contribution in [3.05, 3.63) is 59.7 Å². The molecule has 0 saturated carbocycles.